The van der Waals surface area contributed by atoms with Gasteiger partial charge in [-0.2, -0.15) is 0 Å². The van der Waals surface area contributed by atoms with Crippen molar-refractivity contribution >= 4 is 27.5 Å². The van der Waals surface area contributed by atoms with E-state index in [1.807, 2.05) is 37.3 Å². The lowest BCUT2D eigenvalue weighted by Crippen LogP contribution is -2.51. The molecule has 134 valence electrons. The number of carbonyl (C=O) groups excluding carboxylic acids is 1. The van der Waals surface area contributed by atoms with Crippen molar-refractivity contribution in [2.24, 2.45) is 0 Å². The van der Waals surface area contributed by atoms with Crippen molar-refractivity contribution in [2.45, 2.75) is 25.5 Å². The first-order valence-electron chi connectivity index (χ1n) is 8.52. The van der Waals surface area contributed by atoms with Gasteiger partial charge in [-0.15, -0.1) is 11.3 Å². The van der Waals surface area contributed by atoms with E-state index in [9.17, 15) is 4.79 Å². The minimum Gasteiger partial charge on any atom is -0.470 e. The number of ether oxygens (including phenoxy) is 2. The van der Waals surface area contributed by atoms with Crippen LogP contribution in [0.5, 0.6) is 5.88 Å². The van der Waals surface area contributed by atoms with Gasteiger partial charge in [0.2, 0.25) is 5.88 Å². The lowest BCUT2D eigenvalue weighted by molar-refractivity contribution is -0.0152. The maximum absolute atomic E-state index is 12.7. The van der Waals surface area contributed by atoms with E-state index in [4.69, 9.17) is 9.47 Å². The van der Waals surface area contributed by atoms with Crippen LogP contribution >= 0.6 is 11.3 Å². The quantitative estimate of drug-likeness (QED) is 0.765. The van der Waals surface area contributed by atoms with E-state index in [1.54, 1.807) is 23.6 Å². The Kier molecular flexibility index (Phi) is 4.81. The second-order valence-electron chi connectivity index (χ2n) is 6.18. The molecular weight excluding hydrogens is 350 g/mol. The van der Waals surface area contributed by atoms with E-state index in [2.05, 4.69) is 15.3 Å². The molecular formula is C19H19N3O3S. The highest BCUT2D eigenvalue weighted by Crippen LogP contribution is 2.23. The van der Waals surface area contributed by atoms with Crippen LogP contribution < -0.4 is 10.1 Å². The first kappa shape index (κ1) is 16.9. The SMILES string of the molecule is Cc1nc2cc(C(=O)N[C@@H]3CCOC[C@H]3Oc3ccccn3)ccc2s1. The summed E-state index contributed by atoms with van der Waals surface area (Å²) >= 11 is 1.62. The molecule has 1 saturated heterocycles. The van der Waals surface area contributed by atoms with Gasteiger partial charge in [0, 0.05) is 24.4 Å². The van der Waals surface area contributed by atoms with Crippen LogP contribution in [0, 0.1) is 6.92 Å². The van der Waals surface area contributed by atoms with E-state index < -0.39 is 0 Å². The third-order valence-corrected chi connectivity index (χ3v) is 5.24. The highest BCUT2D eigenvalue weighted by Gasteiger charge is 2.29. The minimum atomic E-state index is -0.271. The average molecular weight is 369 g/mol. The summed E-state index contributed by atoms with van der Waals surface area (Å²) in [6.07, 6.45) is 2.10. The number of carbonyl (C=O) groups is 1. The fourth-order valence-corrected chi connectivity index (χ4v) is 3.81. The maximum atomic E-state index is 12.7. The molecule has 6 nitrogen and oxygen atoms in total. The van der Waals surface area contributed by atoms with Crippen molar-refractivity contribution < 1.29 is 14.3 Å². The predicted molar refractivity (Wildman–Crippen MR) is 99.7 cm³/mol. The summed E-state index contributed by atoms with van der Waals surface area (Å²) < 4.78 is 12.5. The normalized spacial score (nSPS) is 20.0. The van der Waals surface area contributed by atoms with Crippen molar-refractivity contribution in [1.82, 2.24) is 15.3 Å². The summed E-state index contributed by atoms with van der Waals surface area (Å²) in [6, 6.07) is 11.0. The van der Waals surface area contributed by atoms with Gasteiger partial charge in [0.1, 0.15) is 6.10 Å². The number of rotatable bonds is 4. The zero-order chi connectivity index (χ0) is 17.9. The molecule has 1 aromatic carbocycles. The minimum absolute atomic E-state index is 0.126. The molecule has 1 aliphatic rings. The van der Waals surface area contributed by atoms with Crippen LogP contribution in [0.4, 0.5) is 0 Å². The van der Waals surface area contributed by atoms with Crippen molar-refractivity contribution in [1.29, 1.82) is 0 Å². The number of aryl methyl sites for hydroxylation is 1. The number of hydrogen-bond donors (Lipinski definition) is 1. The third-order valence-electron chi connectivity index (χ3n) is 4.29. The van der Waals surface area contributed by atoms with Gasteiger partial charge < -0.3 is 14.8 Å². The van der Waals surface area contributed by atoms with Gasteiger partial charge in [0.15, 0.2) is 0 Å². The highest BCUT2D eigenvalue weighted by atomic mass is 32.1. The van der Waals surface area contributed by atoms with Gasteiger partial charge in [0.05, 0.1) is 27.9 Å². The Bertz CT molecular complexity index is 913. The largest absolute Gasteiger partial charge is 0.470 e. The average Bonchev–Trinajstić information content (AvgIpc) is 3.03. The molecule has 1 amide bonds. The standard InChI is InChI=1S/C19H19N3O3S/c1-12-21-15-10-13(5-6-17(15)26-12)19(23)22-14-7-9-24-11-16(14)25-18-4-2-3-8-20-18/h2-6,8,10,14,16H,7,9,11H2,1H3,(H,22,23)/t14-,16-/m1/s1. The van der Waals surface area contributed by atoms with Crippen molar-refractivity contribution in [3.63, 3.8) is 0 Å². The number of nitrogens with zero attached hydrogens (tertiary/aromatic N) is 2. The smallest absolute Gasteiger partial charge is 0.251 e. The number of hydrogen-bond acceptors (Lipinski definition) is 6. The first-order valence-corrected chi connectivity index (χ1v) is 9.34. The van der Waals surface area contributed by atoms with E-state index in [0.29, 0.717) is 31.1 Å². The van der Waals surface area contributed by atoms with Gasteiger partial charge in [-0.3, -0.25) is 4.79 Å². The summed E-state index contributed by atoms with van der Waals surface area (Å²) in [7, 11) is 0. The molecule has 2 atom stereocenters. The Morgan fingerprint density at radius 2 is 2.27 bits per heavy atom. The zero-order valence-electron chi connectivity index (χ0n) is 14.3. The van der Waals surface area contributed by atoms with E-state index in [0.717, 1.165) is 15.2 Å². The third kappa shape index (κ3) is 3.68. The van der Waals surface area contributed by atoms with Gasteiger partial charge in [0.25, 0.3) is 5.91 Å². The molecule has 0 saturated carbocycles. The second-order valence-corrected chi connectivity index (χ2v) is 7.42. The Labute approximate surface area is 155 Å². The highest BCUT2D eigenvalue weighted by molar-refractivity contribution is 7.18. The van der Waals surface area contributed by atoms with Crippen molar-refractivity contribution in [2.75, 3.05) is 13.2 Å². The molecule has 0 radical (unpaired) electrons. The molecule has 0 aliphatic carbocycles. The van der Waals surface area contributed by atoms with Crippen LogP contribution in [0.3, 0.4) is 0 Å². The zero-order valence-corrected chi connectivity index (χ0v) is 15.2. The summed E-state index contributed by atoms with van der Waals surface area (Å²) in [5.74, 6) is 0.403. The summed E-state index contributed by atoms with van der Waals surface area (Å²) in [5.41, 5.74) is 1.46. The monoisotopic (exact) mass is 369 g/mol. The Hall–Kier alpha value is -2.51. The topological polar surface area (TPSA) is 73.3 Å². The summed E-state index contributed by atoms with van der Waals surface area (Å²) in [6.45, 7) is 2.98. The summed E-state index contributed by atoms with van der Waals surface area (Å²) in [5, 5.41) is 4.07. The predicted octanol–water partition coefficient (Wildman–Crippen LogP) is 2.97. The Morgan fingerprint density at radius 1 is 1.35 bits per heavy atom. The molecule has 26 heavy (non-hydrogen) atoms. The van der Waals surface area contributed by atoms with Crippen LogP contribution in [0.25, 0.3) is 10.2 Å². The second kappa shape index (κ2) is 7.39. The molecule has 1 fully saturated rings. The van der Waals surface area contributed by atoms with Gasteiger partial charge in [-0.25, -0.2) is 9.97 Å². The number of thiazole rings is 1. The van der Waals surface area contributed by atoms with E-state index in [-0.39, 0.29) is 18.1 Å². The van der Waals surface area contributed by atoms with E-state index in [1.165, 1.54) is 0 Å². The molecule has 0 bridgehead atoms. The molecule has 7 heteroatoms. The number of benzene rings is 1. The van der Waals surface area contributed by atoms with Crippen LogP contribution in [-0.2, 0) is 4.74 Å². The maximum Gasteiger partial charge on any atom is 0.251 e. The molecule has 0 unspecified atom stereocenters. The van der Waals surface area contributed by atoms with Crippen LogP contribution in [0.15, 0.2) is 42.6 Å². The van der Waals surface area contributed by atoms with Gasteiger partial charge >= 0.3 is 0 Å². The van der Waals surface area contributed by atoms with Crippen molar-refractivity contribution in [3.05, 3.63) is 53.2 Å². The first-order chi connectivity index (χ1) is 12.7. The van der Waals surface area contributed by atoms with Crippen molar-refractivity contribution in [3.8, 4) is 5.88 Å². The number of nitrogens with one attached hydrogen (secondary N) is 1. The lowest BCUT2D eigenvalue weighted by atomic mass is 10.1. The summed E-state index contributed by atoms with van der Waals surface area (Å²) in [4.78, 5) is 21.4. The molecule has 1 aliphatic heterocycles. The molecule has 4 rings (SSSR count). The van der Waals surface area contributed by atoms with Gasteiger partial charge in [-0.05, 0) is 37.6 Å². The Morgan fingerprint density at radius 3 is 3.12 bits per heavy atom. The van der Waals surface area contributed by atoms with Crippen LogP contribution in [0.1, 0.15) is 21.8 Å². The number of pyridine rings is 1. The molecule has 3 aromatic rings. The van der Waals surface area contributed by atoms with Crippen LogP contribution in [-0.4, -0.2) is 41.2 Å². The molecule has 3 heterocycles. The van der Waals surface area contributed by atoms with Crippen LogP contribution in [0.2, 0.25) is 0 Å². The molecule has 1 N–H and O–H groups in total. The Balaban J connectivity index is 1.48. The fourth-order valence-electron chi connectivity index (χ4n) is 3.00. The number of aromatic nitrogens is 2. The lowest BCUT2D eigenvalue weighted by Gasteiger charge is -2.32. The number of amides is 1. The van der Waals surface area contributed by atoms with Gasteiger partial charge in [-0.1, -0.05) is 6.07 Å². The van der Waals surface area contributed by atoms with E-state index >= 15 is 0 Å². The fraction of sp³-hybridized carbons (Fsp3) is 0.316. The number of fused-ring (bicyclic) bond motifs is 1. The molecule has 0 spiro atoms. The molecule has 2 aromatic heterocycles.